The molecule has 1 amide bonds. The van der Waals surface area contributed by atoms with E-state index < -0.39 is 10.0 Å². The number of nitrogens with zero attached hydrogens (tertiary/aromatic N) is 5. The van der Waals surface area contributed by atoms with E-state index in [0.29, 0.717) is 12.1 Å². The van der Waals surface area contributed by atoms with Crippen molar-refractivity contribution in [3.63, 3.8) is 0 Å². The Morgan fingerprint density at radius 3 is 2.50 bits per heavy atom. The fourth-order valence-corrected chi connectivity index (χ4v) is 7.63. The molecule has 4 heterocycles. The number of aromatic nitrogens is 4. The fourth-order valence-electron chi connectivity index (χ4n) is 6.64. The van der Waals surface area contributed by atoms with Crippen molar-refractivity contribution in [1.82, 2.24) is 24.4 Å². The molecule has 0 spiro atoms. The van der Waals surface area contributed by atoms with Crippen LogP contribution in [0.3, 0.4) is 0 Å². The lowest BCUT2D eigenvalue weighted by Gasteiger charge is -2.33. The number of carbonyl (C=O) groups is 1. The van der Waals surface area contributed by atoms with Gasteiger partial charge in [-0.2, -0.15) is 4.98 Å². The average molecular weight is 665 g/mol. The Morgan fingerprint density at radius 1 is 1.02 bits per heavy atom. The molecule has 2 aliphatic rings. The highest BCUT2D eigenvalue weighted by atomic mass is 32.2. The zero-order chi connectivity index (χ0) is 33.8. The molecule has 1 N–H and O–H groups in total. The van der Waals surface area contributed by atoms with Crippen LogP contribution in [0.4, 0.5) is 5.95 Å². The molecule has 3 aromatic heterocycles. The molecule has 0 radical (unpaired) electrons. The molecule has 248 valence electrons. The summed E-state index contributed by atoms with van der Waals surface area (Å²) in [6.45, 7) is 10.8. The molecule has 1 fully saturated rings. The van der Waals surface area contributed by atoms with Crippen molar-refractivity contribution in [1.29, 1.82) is 0 Å². The second-order valence-corrected chi connectivity index (χ2v) is 15.5. The van der Waals surface area contributed by atoms with Crippen molar-refractivity contribution in [2.75, 3.05) is 11.3 Å². The van der Waals surface area contributed by atoms with Crippen LogP contribution in [0.25, 0.3) is 22.2 Å². The van der Waals surface area contributed by atoms with Crippen molar-refractivity contribution in [3.05, 3.63) is 95.4 Å². The lowest BCUT2D eigenvalue weighted by atomic mass is 9.97. The van der Waals surface area contributed by atoms with Crippen LogP contribution in [-0.4, -0.2) is 51.4 Å². The quantitative estimate of drug-likeness (QED) is 0.206. The first-order valence-electron chi connectivity index (χ1n) is 16.4. The average Bonchev–Trinajstić information content (AvgIpc) is 3.61. The van der Waals surface area contributed by atoms with Gasteiger partial charge >= 0.3 is 0 Å². The van der Waals surface area contributed by atoms with E-state index in [4.69, 9.17) is 9.72 Å². The monoisotopic (exact) mass is 664 g/mol. The summed E-state index contributed by atoms with van der Waals surface area (Å²) in [6.07, 6.45) is 6.75. The summed E-state index contributed by atoms with van der Waals surface area (Å²) in [5, 5.41) is 1.04. The minimum absolute atomic E-state index is 0.0589. The molecule has 11 heteroatoms. The minimum Gasteiger partial charge on any atom is -0.475 e. The molecule has 1 saturated carbocycles. The van der Waals surface area contributed by atoms with E-state index in [9.17, 15) is 13.2 Å². The van der Waals surface area contributed by atoms with Crippen LogP contribution in [0, 0.1) is 19.3 Å². The Morgan fingerprint density at radius 2 is 1.77 bits per heavy atom. The van der Waals surface area contributed by atoms with E-state index in [1.807, 2.05) is 44.3 Å². The summed E-state index contributed by atoms with van der Waals surface area (Å²) >= 11 is 0. The topological polar surface area (TPSA) is 119 Å². The number of carbonyl (C=O) groups excluding carboxylic acids is 1. The Balaban J connectivity index is 1.35. The van der Waals surface area contributed by atoms with Gasteiger partial charge in [0.1, 0.15) is 6.61 Å². The molecule has 10 nitrogen and oxygen atoms in total. The second kappa shape index (κ2) is 12.0. The van der Waals surface area contributed by atoms with Gasteiger partial charge < -0.3 is 14.2 Å². The highest BCUT2D eigenvalue weighted by Crippen LogP contribution is 2.49. The van der Waals surface area contributed by atoms with E-state index in [-0.39, 0.29) is 58.8 Å². The standard InChI is InChI=1S/C37H40N6O4S/c1-23(2)42-15-12-26-16-28(38-20-32(26)42)21-43-29(19-37(5)13-14-37)22-47-33-18-31(34-24(3)8-6-9-25(34)4)39-36(40-33)41-48(45,46)30-11-7-10-27(17-30)35(43)44/h6-12,15-18,20,23,29H,13-14,19,21-22H2,1-5H3,(H,39,40,41)/t29-/m1/s1. The molecule has 48 heavy (non-hydrogen) atoms. The molecule has 4 bridgehead atoms. The third-order valence-electron chi connectivity index (χ3n) is 9.57. The molecular weight excluding hydrogens is 625 g/mol. The normalized spacial score (nSPS) is 18.4. The third kappa shape index (κ3) is 6.26. The summed E-state index contributed by atoms with van der Waals surface area (Å²) in [5.74, 6) is -0.173. The molecule has 0 unspecified atom stereocenters. The maximum Gasteiger partial charge on any atom is 0.264 e. The van der Waals surface area contributed by atoms with Gasteiger partial charge in [-0.15, -0.1) is 0 Å². The first kappa shape index (κ1) is 31.8. The van der Waals surface area contributed by atoms with Crippen LogP contribution in [-0.2, 0) is 16.6 Å². The van der Waals surface area contributed by atoms with Gasteiger partial charge in [-0.25, -0.2) is 18.1 Å². The molecule has 7 rings (SSSR count). The summed E-state index contributed by atoms with van der Waals surface area (Å²) < 4.78 is 38.5. The van der Waals surface area contributed by atoms with Gasteiger partial charge in [0, 0.05) is 34.8 Å². The number of anilines is 1. The maximum atomic E-state index is 14.5. The number of nitrogens with one attached hydrogen (secondary N) is 1. The van der Waals surface area contributed by atoms with Crippen LogP contribution >= 0.6 is 0 Å². The number of rotatable bonds is 6. The number of aryl methyl sites for hydroxylation is 2. The van der Waals surface area contributed by atoms with E-state index in [0.717, 1.165) is 46.1 Å². The number of amides is 1. The second-order valence-electron chi connectivity index (χ2n) is 13.8. The first-order chi connectivity index (χ1) is 22.9. The SMILES string of the molecule is Cc1cccc(C)c1-c1cc2nc(n1)NS(=O)(=O)c1cccc(c1)C(=O)N(Cc1cc3ccn(C(C)C)c3cn1)[C@H](CC1(C)CC1)CO2. The van der Waals surface area contributed by atoms with E-state index in [1.54, 1.807) is 23.1 Å². The molecule has 5 aromatic rings. The van der Waals surface area contributed by atoms with Gasteiger partial charge in [0.15, 0.2) is 0 Å². The highest BCUT2D eigenvalue weighted by molar-refractivity contribution is 7.92. The molecule has 1 aliphatic carbocycles. The number of hydrogen-bond acceptors (Lipinski definition) is 7. The Hall–Kier alpha value is -4.77. The zero-order valence-corrected chi connectivity index (χ0v) is 28.7. The number of fused-ring (bicyclic) bond motifs is 5. The Bertz CT molecular complexity index is 2130. The van der Waals surface area contributed by atoms with Gasteiger partial charge in [-0.05, 0) is 93.8 Å². The minimum atomic E-state index is -4.16. The number of hydrogen-bond donors (Lipinski definition) is 1. The van der Waals surface area contributed by atoms with Crippen molar-refractivity contribution in [2.45, 2.75) is 77.4 Å². The van der Waals surface area contributed by atoms with Gasteiger partial charge in [-0.3, -0.25) is 9.78 Å². The number of pyridine rings is 1. The Kier molecular flexibility index (Phi) is 7.98. The molecule has 1 atom stereocenters. The zero-order valence-electron chi connectivity index (χ0n) is 27.9. The lowest BCUT2D eigenvalue weighted by Crippen LogP contribution is -2.44. The van der Waals surface area contributed by atoms with Crippen LogP contribution in [0.15, 0.2) is 78.0 Å². The van der Waals surface area contributed by atoms with Gasteiger partial charge in [0.2, 0.25) is 11.8 Å². The van der Waals surface area contributed by atoms with Gasteiger partial charge in [0.05, 0.1) is 40.6 Å². The molecular formula is C37H40N6O4S. The van der Waals surface area contributed by atoms with Gasteiger partial charge in [-0.1, -0.05) is 31.2 Å². The van der Waals surface area contributed by atoms with Crippen LogP contribution in [0.1, 0.15) is 73.3 Å². The fraction of sp³-hybridized carbons (Fsp3) is 0.351. The maximum absolute atomic E-state index is 14.5. The first-order valence-corrected chi connectivity index (χ1v) is 17.9. The van der Waals surface area contributed by atoms with Crippen LogP contribution in [0.5, 0.6) is 5.88 Å². The number of ether oxygens (including phenoxy) is 1. The third-order valence-corrected chi connectivity index (χ3v) is 10.9. The molecule has 1 aliphatic heterocycles. The summed E-state index contributed by atoms with van der Waals surface area (Å²) in [7, 11) is -4.16. The number of benzene rings is 2. The van der Waals surface area contributed by atoms with Crippen molar-refractivity contribution in [2.24, 2.45) is 5.41 Å². The largest absolute Gasteiger partial charge is 0.475 e. The van der Waals surface area contributed by atoms with Crippen molar-refractivity contribution in [3.8, 4) is 17.1 Å². The van der Waals surface area contributed by atoms with Gasteiger partial charge in [0.25, 0.3) is 15.9 Å². The predicted molar refractivity (Wildman–Crippen MR) is 185 cm³/mol. The van der Waals surface area contributed by atoms with E-state index >= 15 is 0 Å². The Labute approximate surface area is 281 Å². The summed E-state index contributed by atoms with van der Waals surface area (Å²) in [6, 6.07) is 17.8. The summed E-state index contributed by atoms with van der Waals surface area (Å²) in [4.78, 5) is 30.2. The van der Waals surface area contributed by atoms with Crippen LogP contribution < -0.4 is 9.46 Å². The lowest BCUT2D eigenvalue weighted by molar-refractivity contribution is 0.0537. The smallest absolute Gasteiger partial charge is 0.264 e. The predicted octanol–water partition coefficient (Wildman–Crippen LogP) is 7.09. The van der Waals surface area contributed by atoms with Crippen LogP contribution in [0.2, 0.25) is 0 Å². The van der Waals surface area contributed by atoms with Crippen molar-refractivity contribution < 1.29 is 17.9 Å². The molecule has 2 aromatic carbocycles. The number of sulfonamides is 1. The summed E-state index contributed by atoms with van der Waals surface area (Å²) in [5.41, 5.74) is 5.50. The molecule has 0 saturated heterocycles. The van der Waals surface area contributed by atoms with E-state index in [2.05, 4.69) is 52.3 Å². The van der Waals surface area contributed by atoms with E-state index in [1.165, 1.54) is 12.1 Å². The highest BCUT2D eigenvalue weighted by Gasteiger charge is 2.42. The van der Waals surface area contributed by atoms with Crippen molar-refractivity contribution >= 4 is 32.8 Å².